The summed E-state index contributed by atoms with van der Waals surface area (Å²) in [6.45, 7) is 2.83. The van der Waals surface area contributed by atoms with Crippen LogP contribution in [-0.4, -0.2) is 25.0 Å². The van der Waals surface area contributed by atoms with Crippen LogP contribution in [0.4, 0.5) is 5.69 Å². The Morgan fingerprint density at radius 3 is 2.23 bits per heavy atom. The van der Waals surface area contributed by atoms with Crippen LogP contribution in [0.2, 0.25) is 0 Å². The summed E-state index contributed by atoms with van der Waals surface area (Å²) in [6.07, 6.45) is 0.974. The molecule has 0 saturated carbocycles. The minimum Gasteiger partial charge on any atom is -0.494 e. The van der Waals surface area contributed by atoms with Crippen LogP contribution in [-0.2, 0) is 16.0 Å². The predicted octanol–water partition coefficient (Wildman–Crippen LogP) is 4.63. The van der Waals surface area contributed by atoms with Gasteiger partial charge in [0, 0.05) is 18.7 Å². The Balaban J connectivity index is 1.35. The number of hydrogen-bond acceptors (Lipinski definition) is 4. The number of carbonyl (C=O) groups is 2. The molecule has 1 atom stereocenters. The summed E-state index contributed by atoms with van der Waals surface area (Å²) >= 11 is 0. The first-order valence-corrected chi connectivity index (χ1v) is 10.5. The molecular weight excluding hydrogens is 390 g/mol. The van der Waals surface area contributed by atoms with Crippen LogP contribution in [0.25, 0.3) is 0 Å². The van der Waals surface area contributed by atoms with Gasteiger partial charge in [-0.1, -0.05) is 42.5 Å². The van der Waals surface area contributed by atoms with Crippen molar-refractivity contribution in [2.24, 2.45) is 5.92 Å². The Morgan fingerprint density at radius 1 is 0.903 bits per heavy atom. The number of hydrogen-bond donors (Lipinski definition) is 0. The zero-order chi connectivity index (χ0) is 21.6. The van der Waals surface area contributed by atoms with Gasteiger partial charge in [-0.05, 0) is 60.9 Å². The van der Waals surface area contributed by atoms with E-state index in [1.807, 2.05) is 61.5 Å². The van der Waals surface area contributed by atoms with Crippen molar-refractivity contribution >= 4 is 17.6 Å². The standard InChI is InChI=1S/C26H25NO4/c1-2-30-23-14-10-22(11-15-23)27-18-21(17-25(27)28)26(29)31-24-12-8-20(9-13-24)16-19-6-4-3-5-7-19/h3-15,21H,2,16-18H2,1H3/t21-/m1/s1. The second-order valence-electron chi connectivity index (χ2n) is 7.56. The highest BCUT2D eigenvalue weighted by Gasteiger charge is 2.36. The van der Waals surface area contributed by atoms with E-state index < -0.39 is 5.92 Å². The van der Waals surface area contributed by atoms with Gasteiger partial charge in [-0.15, -0.1) is 0 Å². The third-order valence-corrected chi connectivity index (χ3v) is 5.31. The Morgan fingerprint density at radius 2 is 1.55 bits per heavy atom. The molecule has 0 N–H and O–H groups in total. The third-order valence-electron chi connectivity index (χ3n) is 5.31. The molecule has 1 fully saturated rings. The van der Waals surface area contributed by atoms with E-state index in [1.54, 1.807) is 17.0 Å². The number of carbonyl (C=O) groups excluding carboxylic acids is 2. The molecule has 1 amide bonds. The Labute approximate surface area is 182 Å². The second-order valence-corrected chi connectivity index (χ2v) is 7.56. The number of rotatable bonds is 7. The molecule has 4 rings (SSSR count). The van der Waals surface area contributed by atoms with Crippen LogP contribution in [0.5, 0.6) is 11.5 Å². The molecule has 31 heavy (non-hydrogen) atoms. The first-order valence-electron chi connectivity index (χ1n) is 10.5. The van der Waals surface area contributed by atoms with Gasteiger partial charge in [0.15, 0.2) is 0 Å². The lowest BCUT2D eigenvalue weighted by atomic mass is 10.1. The highest BCUT2D eigenvalue weighted by Crippen LogP contribution is 2.28. The Kier molecular flexibility index (Phi) is 6.32. The quantitative estimate of drug-likeness (QED) is 0.417. The molecule has 5 nitrogen and oxygen atoms in total. The summed E-state index contributed by atoms with van der Waals surface area (Å²) in [7, 11) is 0. The van der Waals surface area contributed by atoms with Crippen LogP contribution in [0.15, 0.2) is 78.9 Å². The molecule has 0 aliphatic carbocycles. The van der Waals surface area contributed by atoms with Gasteiger partial charge in [0.1, 0.15) is 11.5 Å². The van der Waals surface area contributed by atoms with E-state index in [4.69, 9.17) is 9.47 Å². The van der Waals surface area contributed by atoms with Gasteiger partial charge in [0.05, 0.1) is 12.5 Å². The van der Waals surface area contributed by atoms with Gasteiger partial charge < -0.3 is 14.4 Å². The lowest BCUT2D eigenvalue weighted by Crippen LogP contribution is -2.27. The molecular formula is C26H25NO4. The molecule has 0 unspecified atom stereocenters. The lowest BCUT2D eigenvalue weighted by molar-refractivity contribution is -0.139. The van der Waals surface area contributed by atoms with Gasteiger partial charge in [-0.3, -0.25) is 9.59 Å². The number of benzene rings is 3. The second kappa shape index (κ2) is 9.47. The SMILES string of the molecule is CCOc1ccc(N2C[C@H](C(=O)Oc3ccc(Cc4ccccc4)cc3)CC2=O)cc1. The normalized spacial score (nSPS) is 15.7. The average Bonchev–Trinajstić information content (AvgIpc) is 3.18. The molecule has 3 aromatic carbocycles. The predicted molar refractivity (Wildman–Crippen MR) is 119 cm³/mol. The van der Waals surface area contributed by atoms with E-state index >= 15 is 0 Å². The van der Waals surface area contributed by atoms with Crippen molar-refractivity contribution in [3.63, 3.8) is 0 Å². The summed E-state index contributed by atoms with van der Waals surface area (Å²) in [5, 5.41) is 0. The maximum absolute atomic E-state index is 12.6. The molecule has 1 heterocycles. The van der Waals surface area contributed by atoms with E-state index in [1.165, 1.54) is 5.56 Å². The van der Waals surface area contributed by atoms with Crippen molar-refractivity contribution in [1.82, 2.24) is 0 Å². The van der Waals surface area contributed by atoms with Crippen LogP contribution < -0.4 is 14.4 Å². The summed E-state index contributed by atoms with van der Waals surface area (Å²) in [6, 6.07) is 25.1. The summed E-state index contributed by atoms with van der Waals surface area (Å²) in [5.41, 5.74) is 3.13. The highest BCUT2D eigenvalue weighted by molar-refractivity contribution is 5.99. The van der Waals surface area contributed by atoms with Crippen LogP contribution >= 0.6 is 0 Å². The number of anilines is 1. The van der Waals surface area contributed by atoms with E-state index in [0.717, 1.165) is 23.4 Å². The zero-order valence-electron chi connectivity index (χ0n) is 17.5. The number of amides is 1. The fraction of sp³-hybridized carbons (Fsp3) is 0.231. The Bertz CT molecular complexity index is 1030. The van der Waals surface area contributed by atoms with Crippen molar-refractivity contribution < 1.29 is 19.1 Å². The minimum atomic E-state index is -0.483. The van der Waals surface area contributed by atoms with Crippen LogP contribution in [0.3, 0.4) is 0 Å². The molecule has 1 aliphatic heterocycles. The first kappa shape index (κ1) is 20.7. The number of esters is 1. The van der Waals surface area contributed by atoms with Crippen LogP contribution in [0, 0.1) is 5.92 Å². The minimum absolute atomic E-state index is 0.0793. The van der Waals surface area contributed by atoms with E-state index in [0.29, 0.717) is 18.9 Å². The van der Waals surface area contributed by atoms with Crippen molar-refractivity contribution in [3.8, 4) is 11.5 Å². The van der Waals surface area contributed by atoms with Gasteiger partial charge in [-0.2, -0.15) is 0 Å². The average molecular weight is 415 g/mol. The maximum Gasteiger partial charge on any atom is 0.316 e. The lowest BCUT2D eigenvalue weighted by Gasteiger charge is -2.17. The maximum atomic E-state index is 12.6. The molecule has 1 saturated heterocycles. The third kappa shape index (κ3) is 5.12. The molecule has 0 bridgehead atoms. The highest BCUT2D eigenvalue weighted by atomic mass is 16.5. The summed E-state index contributed by atoms with van der Waals surface area (Å²) < 4.78 is 11.0. The Hall–Kier alpha value is -3.60. The summed E-state index contributed by atoms with van der Waals surface area (Å²) in [4.78, 5) is 26.7. The molecule has 3 aromatic rings. The molecule has 0 spiro atoms. The van der Waals surface area contributed by atoms with E-state index in [2.05, 4.69) is 12.1 Å². The molecule has 1 aliphatic rings. The zero-order valence-corrected chi connectivity index (χ0v) is 17.5. The van der Waals surface area contributed by atoms with Gasteiger partial charge in [-0.25, -0.2) is 0 Å². The van der Waals surface area contributed by atoms with Crippen LogP contribution in [0.1, 0.15) is 24.5 Å². The van der Waals surface area contributed by atoms with Crippen molar-refractivity contribution in [2.45, 2.75) is 19.8 Å². The largest absolute Gasteiger partial charge is 0.494 e. The van der Waals surface area contributed by atoms with Crippen molar-refractivity contribution in [1.29, 1.82) is 0 Å². The fourth-order valence-corrected chi connectivity index (χ4v) is 3.71. The molecule has 0 radical (unpaired) electrons. The van der Waals surface area contributed by atoms with Gasteiger partial charge in [0.25, 0.3) is 0 Å². The number of nitrogens with zero attached hydrogens (tertiary/aromatic N) is 1. The van der Waals surface area contributed by atoms with E-state index in [-0.39, 0.29) is 18.3 Å². The smallest absolute Gasteiger partial charge is 0.316 e. The van der Waals surface area contributed by atoms with Gasteiger partial charge >= 0.3 is 5.97 Å². The van der Waals surface area contributed by atoms with Gasteiger partial charge in [0.2, 0.25) is 5.91 Å². The van der Waals surface area contributed by atoms with E-state index in [9.17, 15) is 9.59 Å². The first-order chi connectivity index (χ1) is 15.1. The summed E-state index contributed by atoms with van der Waals surface area (Å²) in [5.74, 6) is 0.309. The number of ether oxygens (including phenoxy) is 2. The monoisotopic (exact) mass is 415 g/mol. The van der Waals surface area contributed by atoms with Crippen molar-refractivity contribution in [2.75, 3.05) is 18.1 Å². The topological polar surface area (TPSA) is 55.8 Å². The van der Waals surface area contributed by atoms with Crippen molar-refractivity contribution in [3.05, 3.63) is 90.0 Å². The molecule has 158 valence electrons. The molecule has 0 aromatic heterocycles. The fourth-order valence-electron chi connectivity index (χ4n) is 3.71. The molecule has 5 heteroatoms.